The van der Waals surface area contributed by atoms with Crippen molar-refractivity contribution >= 4 is 11.6 Å². The number of benzene rings is 2. The van der Waals surface area contributed by atoms with Crippen LogP contribution in [-0.4, -0.2) is 19.1 Å². The lowest BCUT2D eigenvalue weighted by atomic mass is 10.1. The van der Waals surface area contributed by atoms with E-state index >= 15 is 0 Å². The highest BCUT2D eigenvalue weighted by Crippen LogP contribution is 2.17. The van der Waals surface area contributed by atoms with Crippen molar-refractivity contribution in [2.75, 3.05) is 18.5 Å². The molecule has 0 aliphatic carbocycles. The highest BCUT2D eigenvalue weighted by atomic mass is 16.5. The Morgan fingerprint density at radius 3 is 2.29 bits per heavy atom. The highest BCUT2D eigenvalue weighted by Gasteiger charge is 2.07. The number of carbonyl (C=O) groups excluding carboxylic acids is 1. The van der Waals surface area contributed by atoms with Crippen molar-refractivity contribution in [1.29, 1.82) is 0 Å². The van der Waals surface area contributed by atoms with Crippen molar-refractivity contribution in [1.82, 2.24) is 0 Å². The monoisotopic (exact) mass is 284 g/mol. The molecule has 110 valence electrons. The molecule has 3 N–H and O–H groups in total. The summed E-state index contributed by atoms with van der Waals surface area (Å²) in [5, 5.41) is 2.88. The van der Waals surface area contributed by atoms with Crippen LogP contribution in [0.4, 0.5) is 5.69 Å². The first-order valence-corrected chi connectivity index (χ1v) is 6.91. The van der Waals surface area contributed by atoms with Crippen LogP contribution in [0.25, 0.3) is 0 Å². The Morgan fingerprint density at radius 1 is 1.10 bits per heavy atom. The molecule has 0 bridgehead atoms. The molecule has 1 amide bonds. The lowest BCUT2D eigenvalue weighted by Gasteiger charge is -2.09. The van der Waals surface area contributed by atoms with E-state index in [0.29, 0.717) is 18.7 Å². The number of nitrogens with two attached hydrogens (primary N) is 1. The van der Waals surface area contributed by atoms with Gasteiger partial charge in [0.2, 0.25) is 0 Å². The largest absolute Gasteiger partial charge is 0.492 e. The molecule has 0 fully saturated rings. The third-order valence-corrected chi connectivity index (χ3v) is 2.98. The molecule has 0 heterocycles. The molecular formula is C17H20N2O2. The lowest BCUT2D eigenvalue weighted by Crippen LogP contribution is -2.12. The number of nitrogens with one attached hydrogen (secondary N) is 1. The number of hydrogen-bond acceptors (Lipinski definition) is 3. The van der Waals surface area contributed by atoms with Crippen LogP contribution in [0.15, 0.2) is 42.5 Å². The van der Waals surface area contributed by atoms with Gasteiger partial charge in [-0.3, -0.25) is 4.79 Å². The maximum Gasteiger partial charge on any atom is 0.255 e. The summed E-state index contributed by atoms with van der Waals surface area (Å²) in [6.07, 6.45) is 0. The standard InChI is InChI=1S/C17H20N2O2/c1-12-9-13(2)11-14(10-12)17(20)19-15-3-5-16(6-4-15)21-8-7-18/h3-6,9-11H,7-8,18H2,1-2H3,(H,19,20). The van der Waals surface area contributed by atoms with Crippen LogP contribution in [0.5, 0.6) is 5.75 Å². The Kier molecular flexibility index (Phi) is 4.95. The molecule has 21 heavy (non-hydrogen) atoms. The highest BCUT2D eigenvalue weighted by molar-refractivity contribution is 6.04. The molecule has 2 rings (SSSR count). The van der Waals surface area contributed by atoms with Crippen molar-refractivity contribution in [3.8, 4) is 5.75 Å². The molecule has 0 saturated carbocycles. The minimum Gasteiger partial charge on any atom is -0.492 e. The first-order valence-electron chi connectivity index (χ1n) is 6.91. The first-order chi connectivity index (χ1) is 10.1. The molecule has 2 aromatic rings. The molecule has 0 aliphatic rings. The number of rotatable bonds is 5. The number of aryl methyl sites for hydroxylation is 2. The van der Waals surface area contributed by atoms with Gasteiger partial charge in [-0.05, 0) is 50.2 Å². The lowest BCUT2D eigenvalue weighted by molar-refractivity contribution is 0.102. The molecule has 4 heteroatoms. The fourth-order valence-corrected chi connectivity index (χ4v) is 2.12. The van der Waals surface area contributed by atoms with Crippen LogP contribution in [0.1, 0.15) is 21.5 Å². The predicted molar refractivity (Wildman–Crippen MR) is 84.9 cm³/mol. The molecule has 0 unspecified atom stereocenters. The summed E-state index contributed by atoms with van der Waals surface area (Å²) in [4.78, 5) is 12.2. The minimum absolute atomic E-state index is 0.113. The van der Waals surface area contributed by atoms with Crippen LogP contribution in [0.2, 0.25) is 0 Å². The van der Waals surface area contributed by atoms with E-state index in [4.69, 9.17) is 10.5 Å². The van der Waals surface area contributed by atoms with Crippen LogP contribution in [0, 0.1) is 13.8 Å². The Labute approximate surface area is 124 Å². The topological polar surface area (TPSA) is 64.3 Å². The third-order valence-electron chi connectivity index (χ3n) is 2.98. The van der Waals surface area contributed by atoms with Crippen molar-refractivity contribution < 1.29 is 9.53 Å². The van der Waals surface area contributed by atoms with Gasteiger partial charge in [-0.15, -0.1) is 0 Å². The van der Waals surface area contributed by atoms with E-state index in [-0.39, 0.29) is 5.91 Å². The van der Waals surface area contributed by atoms with Gasteiger partial charge in [0.15, 0.2) is 0 Å². The van der Waals surface area contributed by atoms with Crippen molar-refractivity contribution in [3.63, 3.8) is 0 Å². The van der Waals surface area contributed by atoms with Gasteiger partial charge in [-0.2, -0.15) is 0 Å². The zero-order valence-electron chi connectivity index (χ0n) is 12.3. The van der Waals surface area contributed by atoms with Crippen LogP contribution in [-0.2, 0) is 0 Å². The SMILES string of the molecule is Cc1cc(C)cc(C(=O)Nc2ccc(OCCN)cc2)c1. The summed E-state index contributed by atoms with van der Waals surface area (Å²) < 4.78 is 5.39. The first kappa shape index (κ1) is 15.1. The van der Waals surface area contributed by atoms with E-state index in [9.17, 15) is 4.79 Å². The van der Waals surface area contributed by atoms with Gasteiger partial charge in [-0.1, -0.05) is 17.2 Å². The van der Waals surface area contributed by atoms with Gasteiger partial charge in [0.25, 0.3) is 5.91 Å². The second-order valence-electron chi connectivity index (χ2n) is 4.99. The number of amides is 1. The fraction of sp³-hybridized carbons (Fsp3) is 0.235. The van der Waals surface area contributed by atoms with E-state index in [1.54, 1.807) is 0 Å². The fourth-order valence-electron chi connectivity index (χ4n) is 2.12. The van der Waals surface area contributed by atoms with Gasteiger partial charge >= 0.3 is 0 Å². The van der Waals surface area contributed by atoms with Gasteiger partial charge in [-0.25, -0.2) is 0 Å². The summed E-state index contributed by atoms with van der Waals surface area (Å²) in [5.41, 5.74) is 8.93. The molecule has 0 aliphatic heterocycles. The predicted octanol–water partition coefficient (Wildman–Crippen LogP) is 2.89. The second-order valence-corrected chi connectivity index (χ2v) is 4.99. The van der Waals surface area contributed by atoms with E-state index in [1.807, 2.05) is 56.3 Å². The molecular weight excluding hydrogens is 264 g/mol. The van der Waals surface area contributed by atoms with Crippen LogP contribution < -0.4 is 15.8 Å². The molecule has 0 aromatic heterocycles. The molecule has 0 radical (unpaired) electrons. The Bertz CT molecular complexity index is 601. The zero-order chi connectivity index (χ0) is 15.2. The van der Waals surface area contributed by atoms with E-state index in [2.05, 4.69) is 5.32 Å². The number of carbonyl (C=O) groups is 1. The molecule has 0 saturated heterocycles. The number of hydrogen-bond donors (Lipinski definition) is 2. The summed E-state index contributed by atoms with van der Waals surface area (Å²) in [7, 11) is 0. The minimum atomic E-state index is -0.113. The average molecular weight is 284 g/mol. The quantitative estimate of drug-likeness (QED) is 0.887. The van der Waals surface area contributed by atoms with E-state index in [1.165, 1.54) is 0 Å². The van der Waals surface area contributed by atoms with Crippen molar-refractivity contribution in [2.45, 2.75) is 13.8 Å². The Balaban J connectivity index is 2.05. The van der Waals surface area contributed by atoms with E-state index in [0.717, 1.165) is 22.6 Å². The maximum atomic E-state index is 12.2. The number of ether oxygens (including phenoxy) is 1. The summed E-state index contributed by atoms with van der Waals surface area (Å²) in [6, 6.07) is 13.0. The third kappa shape index (κ3) is 4.33. The maximum absolute atomic E-state index is 12.2. The number of anilines is 1. The normalized spacial score (nSPS) is 10.2. The van der Waals surface area contributed by atoms with Gasteiger partial charge in [0, 0.05) is 17.8 Å². The smallest absolute Gasteiger partial charge is 0.255 e. The van der Waals surface area contributed by atoms with Gasteiger partial charge in [0.1, 0.15) is 12.4 Å². The van der Waals surface area contributed by atoms with Crippen molar-refractivity contribution in [2.24, 2.45) is 5.73 Å². The second kappa shape index (κ2) is 6.90. The average Bonchev–Trinajstić information content (AvgIpc) is 2.45. The molecule has 0 spiro atoms. The summed E-state index contributed by atoms with van der Waals surface area (Å²) in [5.74, 6) is 0.627. The van der Waals surface area contributed by atoms with Crippen LogP contribution >= 0.6 is 0 Å². The van der Waals surface area contributed by atoms with E-state index < -0.39 is 0 Å². The van der Waals surface area contributed by atoms with Crippen LogP contribution in [0.3, 0.4) is 0 Å². The molecule has 2 aromatic carbocycles. The zero-order valence-corrected chi connectivity index (χ0v) is 12.3. The van der Waals surface area contributed by atoms with Gasteiger partial charge in [0.05, 0.1) is 0 Å². The molecule has 4 nitrogen and oxygen atoms in total. The summed E-state index contributed by atoms with van der Waals surface area (Å²) >= 11 is 0. The summed E-state index contributed by atoms with van der Waals surface area (Å²) in [6.45, 7) is 4.92. The van der Waals surface area contributed by atoms with Gasteiger partial charge < -0.3 is 15.8 Å². The Hall–Kier alpha value is -2.33. The Morgan fingerprint density at radius 2 is 1.71 bits per heavy atom. The van der Waals surface area contributed by atoms with Crippen molar-refractivity contribution in [3.05, 3.63) is 59.2 Å². The molecule has 0 atom stereocenters.